The highest BCUT2D eigenvalue weighted by molar-refractivity contribution is 5.77. The molecule has 1 spiro atoms. The summed E-state index contributed by atoms with van der Waals surface area (Å²) in [5.74, 6) is -2.69. The molecule has 2 aliphatic heterocycles. The third-order valence-corrected chi connectivity index (χ3v) is 4.40. The van der Waals surface area contributed by atoms with Crippen molar-refractivity contribution in [3.05, 3.63) is 35.9 Å². The maximum absolute atomic E-state index is 12.4. The van der Waals surface area contributed by atoms with E-state index in [1.165, 1.54) is 0 Å². The molecule has 1 aromatic rings. The van der Waals surface area contributed by atoms with Gasteiger partial charge in [0.1, 0.15) is 13.0 Å². The molecule has 1 aromatic carbocycles. The topological polar surface area (TPSA) is 84.9 Å². The van der Waals surface area contributed by atoms with Crippen LogP contribution in [0.4, 0.5) is 4.79 Å². The first-order chi connectivity index (χ1) is 12.3. The van der Waals surface area contributed by atoms with Crippen molar-refractivity contribution >= 4 is 12.1 Å². The summed E-state index contributed by atoms with van der Waals surface area (Å²) >= 11 is 0. The van der Waals surface area contributed by atoms with Gasteiger partial charge in [-0.2, -0.15) is 0 Å². The minimum absolute atomic E-state index is 0.214. The van der Waals surface area contributed by atoms with Gasteiger partial charge in [0.05, 0.1) is 29.5 Å². The van der Waals surface area contributed by atoms with Crippen molar-refractivity contribution < 1.29 is 36.1 Å². The van der Waals surface area contributed by atoms with Crippen LogP contribution in [0.3, 0.4) is 0 Å². The number of hydrogen-bond donors (Lipinski definition) is 0. The number of quaternary nitrogens is 1. The summed E-state index contributed by atoms with van der Waals surface area (Å²) in [5.41, 5.74) is 0.544. The molecule has 2 atom stereocenters. The minimum Gasteiger partial charge on any atom is -0.498 e. The van der Waals surface area contributed by atoms with E-state index in [-0.39, 0.29) is 26.2 Å². The van der Waals surface area contributed by atoms with Crippen LogP contribution in [0.1, 0.15) is 21.1 Å². The lowest BCUT2D eigenvalue weighted by Gasteiger charge is -2.39. The van der Waals surface area contributed by atoms with E-state index in [0.717, 1.165) is 7.11 Å². The Morgan fingerprint density at radius 3 is 2.62 bits per heavy atom. The molecule has 130 valence electrons. The number of carbonyl (C=O) groups excluding carboxylic acids is 2. The summed E-state index contributed by atoms with van der Waals surface area (Å²) in [5, 5.41) is 12.3. The maximum atomic E-state index is 12.4. The number of esters is 1. The third kappa shape index (κ3) is 2.90. The van der Waals surface area contributed by atoms with Crippen LogP contribution in [0.15, 0.2) is 30.3 Å². The first kappa shape index (κ1) is 14.4. The van der Waals surface area contributed by atoms with Crippen molar-refractivity contribution in [2.24, 2.45) is 0 Å². The predicted molar refractivity (Wildman–Crippen MR) is 80.3 cm³/mol. The van der Waals surface area contributed by atoms with Crippen LogP contribution in [-0.2, 0) is 25.5 Å². The first-order valence-electron chi connectivity index (χ1n) is 8.80. The van der Waals surface area contributed by atoms with Gasteiger partial charge in [-0.3, -0.25) is 4.48 Å². The summed E-state index contributed by atoms with van der Waals surface area (Å²) < 4.78 is 32.0. The quantitative estimate of drug-likeness (QED) is 0.587. The summed E-state index contributed by atoms with van der Waals surface area (Å²) in [6, 6.07) is 7.16. The molecule has 0 radical (unpaired) electrons. The summed E-state index contributed by atoms with van der Waals surface area (Å²) in [7, 11) is 1.14. The van der Waals surface area contributed by atoms with Crippen LogP contribution in [0.5, 0.6) is 0 Å². The zero-order chi connectivity index (χ0) is 19.0. The molecule has 0 aliphatic carbocycles. The van der Waals surface area contributed by atoms with E-state index in [2.05, 4.69) is 0 Å². The molecular formula is C17H21NO6. The fourth-order valence-corrected chi connectivity index (χ4v) is 3.25. The lowest BCUT2D eigenvalue weighted by molar-refractivity contribution is -0.896. The lowest BCUT2D eigenvalue weighted by Crippen LogP contribution is -2.64. The van der Waals surface area contributed by atoms with E-state index in [9.17, 15) is 14.7 Å². The second-order valence-corrected chi connectivity index (χ2v) is 5.94. The van der Waals surface area contributed by atoms with E-state index in [1.54, 1.807) is 30.3 Å². The molecule has 0 saturated carbocycles. The molecule has 24 heavy (non-hydrogen) atoms. The van der Waals surface area contributed by atoms with E-state index < -0.39 is 34.9 Å². The average molecular weight is 337 g/mol. The molecule has 2 aliphatic rings. The zero-order valence-corrected chi connectivity index (χ0v) is 13.4. The molecule has 7 nitrogen and oxygen atoms in total. The van der Waals surface area contributed by atoms with Crippen LogP contribution in [0.25, 0.3) is 0 Å². The van der Waals surface area contributed by atoms with Crippen LogP contribution in [0.2, 0.25) is 0 Å². The van der Waals surface area contributed by atoms with Crippen molar-refractivity contribution in [1.29, 1.82) is 0 Å². The van der Waals surface area contributed by atoms with E-state index in [4.69, 9.17) is 17.0 Å². The Hall–Kier alpha value is -1.96. The number of carbonyl (C=O) groups is 2. The van der Waals surface area contributed by atoms with Crippen molar-refractivity contribution in [3.63, 3.8) is 0 Å². The number of carboxylic acid groups (broad SMARTS) is 1. The van der Waals surface area contributed by atoms with Gasteiger partial charge in [0, 0.05) is 5.56 Å². The van der Waals surface area contributed by atoms with E-state index >= 15 is 0 Å². The zero-order valence-electron chi connectivity index (χ0n) is 15.4. The Balaban J connectivity index is 2.16. The molecule has 1 unspecified atom stereocenters. The second kappa shape index (κ2) is 6.51. The molecule has 0 N–H and O–H groups in total. The highest BCUT2D eigenvalue weighted by Crippen LogP contribution is 2.41. The van der Waals surface area contributed by atoms with Gasteiger partial charge in [-0.05, 0) is 6.42 Å². The molecule has 0 bridgehead atoms. The molecule has 2 heterocycles. The third-order valence-electron chi connectivity index (χ3n) is 4.40. The van der Waals surface area contributed by atoms with Gasteiger partial charge in [0.25, 0.3) is 6.09 Å². The molecule has 3 rings (SSSR count). The number of benzene rings is 1. The predicted octanol–water partition coefficient (Wildman–Crippen LogP) is 0.425. The Morgan fingerprint density at radius 1 is 1.38 bits per heavy atom. The molecule has 2 saturated heterocycles. The Labute approximate surface area is 143 Å². The molecule has 0 aromatic heterocycles. The highest BCUT2D eigenvalue weighted by atomic mass is 16.7. The van der Waals surface area contributed by atoms with Crippen LogP contribution >= 0.6 is 0 Å². The fraction of sp³-hybridized carbons (Fsp3) is 0.529. The van der Waals surface area contributed by atoms with Crippen molar-refractivity contribution in [2.45, 2.75) is 31.2 Å². The van der Waals surface area contributed by atoms with Crippen LogP contribution in [0, 0.1) is 0 Å². The highest BCUT2D eigenvalue weighted by Gasteiger charge is 2.62. The van der Waals surface area contributed by atoms with Gasteiger partial charge in [0.15, 0.2) is 6.04 Å². The smallest absolute Gasteiger partial charge is 0.365 e. The van der Waals surface area contributed by atoms with Crippen molar-refractivity contribution in [2.75, 3.05) is 26.8 Å². The number of amides is 1. The van der Waals surface area contributed by atoms with Gasteiger partial charge in [-0.1, -0.05) is 30.3 Å². The average Bonchev–Trinajstić information content (AvgIpc) is 2.82. The van der Waals surface area contributed by atoms with Crippen molar-refractivity contribution in [1.82, 2.24) is 0 Å². The molecule has 7 heteroatoms. The van der Waals surface area contributed by atoms with Gasteiger partial charge < -0.3 is 24.1 Å². The van der Waals surface area contributed by atoms with Gasteiger partial charge >= 0.3 is 5.97 Å². The van der Waals surface area contributed by atoms with Gasteiger partial charge in [0.2, 0.25) is 5.79 Å². The number of rotatable bonds is 3. The maximum Gasteiger partial charge on any atom is 0.365 e. The lowest BCUT2D eigenvalue weighted by atomic mass is 10.1. The summed E-state index contributed by atoms with van der Waals surface area (Å²) in [6.07, 6.45) is -1.43. The molecular weight excluding hydrogens is 314 g/mol. The number of likely N-dealkylation sites (tertiary alicyclic amines) is 1. The number of methoxy groups -OCH3 is 1. The van der Waals surface area contributed by atoms with Gasteiger partial charge in [-0.15, -0.1) is 0 Å². The molecule has 2 fully saturated rings. The number of hydrogen-bond acceptors (Lipinski definition) is 6. The largest absolute Gasteiger partial charge is 0.498 e. The van der Waals surface area contributed by atoms with E-state index in [1.807, 2.05) is 0 Å². The SMILES string of the molecule is [2H]C1([2H])C2(C[C@@H](C(=O)OC)[N+]1(Cc1ccccc1)C(=O)[O-])OCCCO2. The van der Waals surface area contributed by atoms with Gasteiger partial charge in [-0.25, -0.2) is 4.79 Å². The fourth-order valence-electron chi connectivity index (χ4n) is 3.25. The molecule has 1 amide bonds. The van der Waals surface area contributed by atoms with E-state index in [0.29, 0.717) is 12.0 Å². The van der Waals surface area contributed by atoms with Crippen LogP contribution in [-0.4, -0.2) is 55.2 Å². The van der Waals surface area contributed by atoms with Crippen LogP contribution < -0.4 is 5.11 Å². The Bertz CT molecular complexity index is 692. The Morgan fingerprint density at radius 2 is 2.04 bits per heavy atom. The van der Waals surface area contributed by atoms with Crippen molar-refractivity contribution in [3.8, 4) is 0 Å². The number of ether oxygens (including phenoxy) is 3. The minimum atomic E-state index is -2.57. The summed E-state index contributed by atoms with van der Waals surface area (Å²) in [6.45, 7) is -2.44. The summed E-state index contributed by atoms with van der Waals surface area (Å²) in [4.78, 5) is 24.7. The monoisotopic (exact) mass is 337 g/mol. The normalized spacial score (nSPS) is 32.0. The Kier molecular flexibility index (Phi) is 3.90. The standard InChI is InChI=1S/C17H21NO6/c1-22-15(19)14-10-17(23-8-5-9-24-17)12-18(14,16(20)21)11-13-6-3-2-4-7-13/h2-4,6-7,14H,5,8-12H2,1H3/t14-,18?/m0/s1/i12D2. The second-order valence-electron chi connectivity index (χ2n) is 5.94. The first-order valence-corrected chi connectivity index (χ1v) is 7.80. The number of nitrogens with zero attached hydrogens (tertiary/aromatic N) is 1.